The van der Waals surface area contributed by atoms with Gasteiger partial charge in [-0.25, -0.2) is 8.42 Å². The third kappa shape index (κ3) is 5.47. The molecule has 9 heteroatoms. The Bertz CT molecular complexity index is 1030. The minimum Gasteiger partial charge on any atom is -0.385 e. The maximum absolute atomic E-state index is 13.2. The molecule has 1 heterocycles. The molecule has 2 aromatic carbocycles. The van der Waals surface area contributed by atoms with Crippen molar-refractivity contribution in [3.8, 4) is 0 Å². The van der Waals surface area contributed by atoms with Crippen LogP contribution in [-0.2, 0) is 28.2 Å². The van der Waals surface area contributed by atoms with Crippen molar-refractivity contribution in [3.05, 3.63) is 64.2 Å². The van der Waals surface area contributed by atoms with Crippen molar-refractivity contribution >= 4 is 21.6 Å². The molecule has 0 atom stereocenters. The van der Waals surface area contributed by atoms with Crippen LogP contribution in [0.5, 0.6) is 0 Å². The van der Waals surface area contributed by atoms with E-state index in [0.29, 0.717) is 0 Å². The number of sulfonamides is 1. The minimum atomic E-state index is -4.64. The molecule has 0 bridgehead atoms. The van der Waals surface area contributed by atoms with Crippen molar-refractivity contribution < 1.29 is 26.7 Å². The van der Waals surface area contributed by atoms with Gasteiger partial charge in [0.2, 0.25) is 10.0 Å². The maximum atomic E-state index is 13.2. The molecule has 0 amide bonds. The fourth-order valence-electron chi connectivity index (χ4n) is 3.97. The van der Waals surface area contributed by atoms with Crippen LogP contribution in [0, 0.1) is 0 Å². The van der Waals surface area contributed by atoms with Crippen LogP contribution in [0.15, 0.2) is 47.4 Å². The van der Waals surface area contributed by atoms with Crippen molar-refractivity contribution in [2.75, 3.05) is 13.1 Å². The van der Waals surface area contributed by atoms with E-state index < -0.39 is 32.4 Å². The second-order valence-electron chi connectivity index (χ2n) is 8.23. The highest BCUT2D eigenvalue weighted by Gasteiger charge is 2.40. The Morgan fingerprint density at radius 2 is 1.69 bits per heavy atom. The van der Waals surface area contributed by atoms with Gasteiger partial charge >= 0.3 is 6.18 Å². The van der Waals surface area contributed by atoms with Gasteiger partial charge < -0.3 is 5.11 Å². The largest absolute Gasteiger partial charge is 0.417 e. The molecule has 0 spiro atoms. The lowest BCUT2D eigenvalue weighted by Crippen LogP contribution is -2.45. The predicted octanol–water partition coefficient (Wildman–Crippen LogP) is 5.76. The van der Waals surface area contributed by atoms with E-state index in [2.05, 4.69) is 6.92 Å². The van der Waals surface area contributed by atoms with Crippen molar-refractivity contribution in [1.82, 2.24) is 4.31 Å². The Labute approximate surface area is 192 Å². The first kappa shape index (κ1) is 25.0. The first-order chi connectivity index (χ1) is 15.0. The Hall–Kier alpha value is -1.61. The number of benzene rings is 2. The number of nitrogens with zero attached hydrogens (tertiary/aromatic N) is 1. The molecule has 0 aliphatic carbocycles. The van der Waals surface area contributed by atoms with Gasteiger partial charge in [-0.1, -0.05) is 49.6 Å². The molecular formula is C23H27ClF3NO3S. The zero-order chi connectivity index (χ0) is 23.6. The fraction of sp³-hybridized carbons (Fsp3) is 0.478. The van der Waals surface area contributed by atoms with E-state index in [1.165, 1.54) is 10.4 Å². The van der Waals surface area contributed by atoms with Crippen molar-refractivity contribution in [2.45, 2.75) is 62.1 Å². The zero-order valence-electron chi connectivity index (χ0n) is 17.8. The monoisotopic (exact) mass is 489 g/mol. The standard InChI is InChI=1S/C23H27ClF3NO3S/c1-2-3-4-5-17-6-9-19(10-7-17)32(30,31)28-14-12-22(29,13-15-28)18-8-11-21(24)20(16-18)23(25,26)27/h6-11,16,29H,2-5,12-15H2,1H3. The van der Waals surface area contributed by atoms with Crippen LogP contribution < -0.4 is 0 Å². The van der Waals surface area contributed by atoms with Gasteiger partial charge in [-0.2, -0.15) is 17.5 Å². The summed E-state index contributed by atoms with van der Waals surface area (Å²) in [6, 6.07) is 10.1. The van der Waals surface area contributed by atoms with Gasteiger partial charge in [0.05, 0.1) is 21.1 Å². The maximum Gasteiger partial charge on any atom is 0.417 e. The smallest absolute Gasteiger partial charge is 0.385 e. The lowest BCUT2D eigenvalue weighted by molar-refractivity contribution is -0.137. The summed E-state index contributed by atoms with van der Waals surface area (Å²) in [5.41, 5.74) is -1.41. The van der Waals surface area contributed by atoms with E-state index in [1.807, 2.05) is 12.1 Å². The van der Waals surface area contributed by atoms with Gasteiger partial charge in [-0.15, -0.1) is 0 Å². The summed E-state index contributed by atoms with van der Waals surface area (Å²) in [6.07, 6.45) is -0.493. The van der Waals surface area contributed by atoms with Gasteiger partial charge in [0.25, 0.3) is 0 Å². The van der Waals surface area contributed by atoms with Crippen molar-refractivity contribution in [2.24, 2.45) is 0 Å². The summed E-state index contributed by atoms with van der Waals surface area (Å²) in [6.45, 7) is 2.12. The predicted molar refractivity (Wildman–Crippen MR) is 118 cm³/mol. The first-order valence-corrected chi connectivity index (χ1v) is 12.5. The van der Waals surface area contributed by atoms with Crippen LogP contribution in [0.3, 0.4) is 0 Å². The third-order valence-electron chi connectivity index (χ3n) is 5.99. The van der Waals surface area contributed by atoms with Crippen LogP contribution in [0.2, 0.25) is 5.02 Å². The zero-order valence-corrected chi connectivity index (χ0v) is 19.4. The lowest BCUT2D eigenvalue weighted by Gasteiger charge is -2.38. The number of halogens is 4. The van der Waals surface area contributed by atoms with Gasteiger partial charge in [-0.3, -0.25) is 0 Å². The van der Waals surface area contributed by atoms with Crippen LogP contribution in [0.4, 0.5) is 13.2 Å². The molecule has 0 unspecified atom stereocenters. The number of alkyl halides is 3. The second kappa shape index (κ2) is 9.71. The number of rotatable bonds is 7. The summed E-state index contributed by atoms with van der Waals surface area (Å²) in [5, 5.41) is 10.5. The van der Waals surface area contributed by atoms with E-state index in [-0.39, 0.29) is 36.4 Å². The highest BCUT2D eigenvalue weighted by atomic mass is 35.5. The normalized spacial score (nSPS) is 17.4. The highest BCUT2D eigenvalue weighted by Crippen LogP contribution is 2.40. The molecule has 0 saturated carbocycles. The van der Waals surface area contributed by atoms with E-state index in [0.717, 1.165) is 43.4 Å². The number of unbranched alkanes of at least 4 members (excludes halogenated alkanes) is 2. The Balaban J connectivity index is 1.72. The first-order valence-electron chi connectivity index (χ1n) is 10.7. The van der Waals surface area contributed by atoms with Gasteiger partial charge in [-0.05, 0) is 61.1 Å². The molecule has 4 nitrogen and oxygen atoms in total. The van der Waals surface area contributed by atoms with Crippen molar-refractivity contribution in [3.63, 3.8) is 0 Å². The van der Waals surface area contributed by atoms with Crippen LogP contribution in [-0.4, -0.2) is 30.9 Å². The average Bonchev–Trinajstić information content (AvgIpc) is 2.74. The highest BCUT2D eigenvalue weighted by molar-refractivity contribution is 7.89. The van der Waals surface area contributed by atoms with E-state index in [1.54, 1.807) is 12.1 Å². The summed E-state index contributed by atoms with van der Waals surface area (Å²) >= 11 is 5.67. The molecule has 2 aromatic rings. The quantitative estimate of drug-likeness (QED) is 0.503. The molecule has 0 aromatic heterocycles. The minimum absolute atomic E-state index is 0.00105. The molecule has 1 aliphatic rings. The van der Waals surface area contributed by atoms with Crippen LogP contribution >= 0.6 is 11.6 Å². The Morgan fingerprint density at radius 3 is 2.25 bits per heavy atom. The van der Waals surface area contributed by atoms with E-state index in [4.69, 9.17) is 11.6 Å². The Kier molecular flexibility index (Phi) is 7.59. The second-order valence-corrected chi connectivity index (χ2v) is 10.6. The van der Waals surface area contributed by atoms with E-state index >= 15 is 0 Å². The van der Waals surface area contributed by atoms with Crippen molar-refractivity contribution in [1.29, 1.82) is 0 Å². The van der Waals surface area contributed by atoms with Gasteiger partial charge in [0.15, 0.2) is 0 Å². The molecule has 1 aliphatic heterocycles. The molecule has 3 rings (SSSR count). The summed E-state index contributed by atoms with van der Waals surface area (Å²) in [4.78, 5) is 0.174. The molecule has 1 saturated heterocycles. The lowest BCUT2D eigenvalue weighted by atomic mass is 9.84. The average molecular weight is 490 g/mol. The van der Waals surface area contributed by atoms with Crippen LogP contribution in [0.25, 0.3) is 0 Å². The van der Waals surface area contributed by atoms with Gasteiger partial charge in [0.1, 0.15) is 0 Å². The summed E-state index contributed by atoms with van der Waals surface area (Å²) < 4.78 is 66.9. The number of hydrogen-bond acceptors (Lipinski definition) is 3. The van der Waals surface area contributed by atoms with Gasteiger partial charge in [0, 0.05) is 13.1 Å². The SMILES string of the molecule is CCCCCc1ccc(S(=O)(=O)N2CCC(O)(c3ccc(Cl)c(C(F)(F)F)c3)CC2)cc1. The fourth-order valence-corrected chi connectivity index (χ4v) is 5.64. The number of hydrogen-bond donors (Lipinski definition) is 1. The number of aryl methyl sites for hydroxylation is 1. The molecule has 1 N–H and O–H groups in total. The number of piperidine rings is 1. The number of aliphatic hydroxyl groups is 1. The van der Waals surface area contributed by atoms with E-state index in [9.17, 15) is 26.7 Å². The Morgan fingerprint density at radius 1 is 1.06 bits per heavy atom. The molecule has 176 valence electrons. The topological polar surface area (TPSA) is 57.6 Å². The molecular weight excluding hydrogens is 463 g/mol. The van der Waals surface area contributed by atoms with Crippen LogP contribution in [0.1, 0.15) is 55.7 Å². The molecule has 0 radical (unpaired) electrons. The summed E-state index contributed by atoms with van der Waals surface area (Å²) in [5.74, 6) is 0. The summed E-state index contributed by atoms with van der Waals surface area (Å²) in [7, 11) is -3.75. The molecule has 32 heavy (non-hydrogen) atoms. The molecule has 1 fully saturated rings. The third-order valence-corrected chi connectivity index (χ3v) is 8.23.